The van der Waals surface area contributed by atoms with Crippen LogP contribution < -0.4 is 14.4 Å². The van der Waals surface area contributed by atoms with Crippen LogP contribution >= 0.6 is 11.6 Å². The van der Waals surface area contributed by atoms with Gasteiger partial charge in [-0.2, -0.15) is 9.97 Å². The number of nitrogens with zero attached hydrogens (tertiary/aromatic N) is 5. The first-order valence-corrected chi connectivity index (χ1v) is 16.0. The molecule has 2 N–H and O–H groups in total. The van der Waals surface area contributed by atoms with Crippen molar-refractivity contribution in [1.29, 1.82) is 0 Å². The maximum Gasteiger partial charge on any atom is 0.319 e. The van der Waals surface area contributed by atoms with Gasteiger partial charge in [0.1, 0.15) is 22.4 Å². The smallest absolute Gasteiger partial charge is 0.319 e. The first kappa shape index (κ1) is 29.5. The van der Waals surface area contributed by atoms with E-state index in [2.05, 4.69) is 16.9 Å². The standard InChI is InChI=1S/C33H40ClFN6O3/c1-19-16-21-20(9-13-36-21)23(25(19)34)27-26(35)28-24(30(37-27)43-4)29(41-15-6-10-32(2,42)17-41)39-31(38-28)44-18-33-11-5-8-22(33)40(3)14-7-12-33/h9,13,16,22,36,42H,5-8,10-12,14-15,17-18H2,1-4H3/t22-,32-,33-/m1/s1. The highest BCUT2D eigenvalue weighted by Gasteiger charge is 2.47. The van der Waals surface area contributed by atoms with Crippen LogP contribution in [0.2, 0.25) is 5.02 Å². The predicted molar refractivity (Wildman–Crippen MR) is 170 cm³/mol. The van der Waals surface area contributed by atoms with E-state index in [0.29, 0.717) is 53.9 Å². The topological polar surface area (TPSA) is 99.6 Å². The lowest BCUT2D eigenvalue weighted by atomic mass is 9.76. The fraction of sp³-hybridized carbons (Fsp3) is 0.545. The minimum Gasteiger partial charge on any atom is -0.480 e. The van der Waals surface area contributed by atoms with E-state index in [4.69, 9.17) is 36.0 Å². The molecule has 9 nitrogen and oxygen atoms in total. The van der Waals surface area contributed by atoms with Gasteiger partial charge in [-0.05, 0) is 83.7 Å². The van der Waals surface area contributed by atoms with Crippen molar-refractivity contribution >= 4 is 39.2 Å². The number of ether oxygens (including phenoxy) is 2. The highest BCUT2D eigenvalue weighted by atomic mass is 35.5. The molecule has 5 heterocycles. The van der Waals surface area contributed by atoms with Crippen LogP contribution in [0.25, 0.3) is 33.1 Å². The number of aliphatic hydroxyl groups is 1. The lowest BCUT2D eigenvalue weighted by Gasteiger charge is -2.44. The maximum absolute atomic E-state index is 16.9. The zero-order valence-corrected chi connectivity index (χ0v) is 26.6. The number of aryl methyl sites for hydroxylation is 1. The molecule has 3 fully saturated rings. The monoisotopic (exact) mass is 622 g/mol. The molecule has 1 saturated carbocycles. The van der Waals surface area contributed by atoms with E-state index in [1.807, 2.05) is 30.9 Å². The number of aromatic amines is 1. The highest BCUT2D eigenvalue weighted by molar-refractivity contribution is 6.35. The average molecular weight is 623 g/mol. The SMILES string of the molecule is COc1nc(-c2c(Cl)c(C)cc3[nH]ccc23)c(F)c2nc(OC[C@]34CCC[C@H]3N(C)CCC4)nc(N3CCC[C@@](C)(O)C3)c12. The Kier molecular flexibility index (Phi) is 7.37. The van der Waals surface area contributed by atoms with Crippen molar-refractivity contribution in [3.63, 3.8) is 0 Å². The number of hydrogen-bond acceptors (Lipinski definition) is 8. The molecule has 0 amide bonds. The molecule has 0 spiro atoms. The minimum atomic E-state index is -0.923. The second-order valence-electron chi connectivity index (χ2n) is 13.3. The van der Waals surface area contributed by atoms with Crippen LogP contribution in [0.5, 0.6) is 11.9 Å². The lowest BCUT2D eigenvalue weighted by molar-refractivity contribution is 0.0132. The Labute approximate surface area is 261 Å². The van der Waals surface area contributed by atoms with Crippen LogP contribution in [0, 0.1) is 18.2 Å². The Hall–Kier alpha value is -3.21. The number of halogens is 2. The molecular weight excluding hydrogens is 583 g/mol. The number of anilines is 1. The second kappa shape index (κ2) is 11.0. The van der Waals surface area contributed by atoms with E-state index < -0.39 is 11.4 Å². The third-order valence-electron chi connectivity index (χ3n) is 10.2. The number of H-pyrrole nitrogens is 1. The van der Waals surface area contributed by atoms with E-state index in [1.165, 1.54) is 7.11 Å². The predicted octanol–water partition coefficient (Wildman–Crippen LogP) is 6.28. The average Bonchev–Trinajstić information content (AvgIpc) is 3.65. The Morgan fingerprint density at radius 2 is 1.95 bits per heavy atom. The molecular formula is C33H40ClFN6O3. The number of fused-ring (bicyclic) bond motifs is 3. The number of likely N-dealkylation sites (tertiary alicyclic amines) is 1. The van der Waals surface area contributed by atoms with Crippen LogP contribution in [0.3, 0.4) is 0 Å². The van der Waals surface area contributed by atoms with Crippen LogP contribution in [0.1, 0.15) is 57.4 Å². The van der Waals surface area contributed by atoms with Crippen molar-refractivity contribution in [2.45, 2.75) is 70.4 Å². The summed E-state index contributed by atoms with van der Waals surface area (Å²) in [6, 6.07) is 4.37. The largest absolute Gasteiger partial charge is 0.480 e. The van der Waals surface area contributed by atoms with Crippen LogP contribution in [-0.2, 0) is 0 Å². The molecule has 2 aliphatic heterocycles. The number of methoxy groups -OCH3 is 1. The van der Waals surface area contributed by atoms with Crippen molar-refractivity contribution in [3.8, 4) is 23.1 Å². The summed E-state index contributed by atoms with van der Waals surface area (Å²) in [7, 11) is 3.71. The Balaban J connectivity index is 1.41. The van der Waals surface area contributed by atoms with Crippen molar-refractivity contribution < 1.29 is 19.0 Å². The molecule has 0 unspecified atom stereocenters. The number of β-amino-alcohol motifs (C(OH)–C–C–N with tert-alkyl or cyclic N) is 1. The summed E-state index contributed by atoms with van der Waals surface area (Å²) in [5, 5.41) is 12.5. The number of pyridine rings is 1. The van der Waals surface area contributed by atoms with Gasteiger partial charge in [0.05, 0.1) is 24.3 Å². The fourth-order valence-corrected chi connectivity index (χ4v) is 8.29. The van der Waals surface area contributed by atoms with Gasteiger partial charge in [-0.15, -0.1) is 0 Å². The second-order valence-corrected chi connectivity index (χ2v) is 13.7. The van der Waals surface area contributed by atoms with E-state index >= 15 is 4.39 Å². The van der Waals surface area contributed by atoms with Crippen molar-refractivity contribution in [1.82, 2.24) is 24.8 Å². The highest BCUT2D eigenvalue weighted by Crippen LogP contribution is 2.48. The maximum atomic E-state index is 16.9. The number of benzene rings is 1. The number of aromatic nitrogens is 4. The Bertz CT molecular complexity index is 1740. The molecule has 0 bridgehead atoms. The van der Waals surface area contributed by atoms with Crippen molar-refractivity contribution in [3.05, 3.63) is 34.7 Å². The van der Waals surface area contributed by atoms with Gasteiger partial charge in [-0.3, -0.25) is 0 Å². The van der Waals surface area contributed by atoms with Crippen molar-refractivity contribution in [2.75, 3.05) is 45.3 Å². The van der Waals surface area contributed by atoms with Crippen LogP contribution in [0.4, 0.5) is 10.2 Å². The molecule has 3 aromatic heterocycles. The first-order valence-electron chi connectivity index (χ1n) is 15.6. The quantitative estimate of drug-likeness (QED) is 0.259. The summed E-state index contributed by atoms with van der Waals surface area (Å²) in [5.74, 6) is 0.0123. The van der Waals surface area contributed by atoms with Crippen LogP contribution in [-0.4, -0.2) is 82.0 Å². The Morgan fingerprint density at radius 1 is 1.16 bits per heavy atom. The molecule has 0 radical (unpaired) electrons. The minimum absolute atomic E-state index is 0.0227. The molecule has 44 heavy (non-hydrogen) atoms. The van der Waals surface area contributed by atoms with Gasteiger partial charge in [0.15, 0.2) is 5.82 Å². The van der Waals surface area contributed by atoms with Gasteiger partial charge in [-0.1, -0.05) is 18.0 Å². The summed E-state index contributed by atoms with van der Waals surface area (Å²) in [5.41, 5.74) is 1.30. The molecule has 1 aliphatic carbocycles. The number of piperidine rings is 2. The molecule has 4 aromatic rings. The first-order chi connectivity index (χ1) is 21.1. The lowest BCUT2D eigenvalue weighted by Crippen LogP contribution is -2.50. The zero-order valence-electron chi connectivity index (χ0n) is 25.8. The summed E-state index contributed by atoms with van der Waals surface area (Å²) in [6.45, 7) is 6.22. The van der Waals surface area contributed by atoms with Gasteiger partial charge in [0.2, 0.25) is 5.88 Å². The van der Waals surface area contributed by atoms with Crippen LogP contribution in [0.15, 0.2) is 18.3 Å². The summed E-state index contributed by atoms with van der Waals surface area (Å²) >= 11 is 6.84. The Morgan fingerprint density at radius 3 is 2.75 bits per heavy atom. The van der Waals surface area contributed by atoms with Gasteiger partial charge >= 0.3 is 6.01 Å². The number of hydrogen-bond donors (Lipinski definition) is 2. The molecule has 1 aromatic carbocycles. The number of rotatable bonds is 6. The normalized spacial score (nSPS) is 26.0. The van der Waals surface area contributed by atoms with E-state index in [9.17, 15) is 5.11 Å². The van der Waals surface area contributed by atoms with Gasteiger partial charge in [0.25, 0.3) is 0 Å². The zero-order chi connectivity index (χ0) is 30.8. The number of nitrogens with one attached hydrogen (secondary N) is 1. The molecule has 234 valence electrons. The fourth-order valence-electron chi connectivity index (χ4n) is 8.04. The summed E-state index contributed by atoms with van der Waals surface area (Å²) < 4.78 is 29.2. The van der Waals surface area contributed by atoms with Gasteiger partial charge < -0.3 is 29.4 Å². The van der Waals surface area contributed by atoms with E-state index in [1.54, 1.807) is 6.20 Å². The van der Waals surface area contributed by atoms with E-state index in [-0.39, 0.29) is 28.5 Å². The van der Waals surface area contributed by atoms with Crippen molar-refractivity contribution in [2.24, 2.45) is 5.41 Å². The summed E-state index contributed by atoms with van der Waals surface area (Å²) in [6.07, 6.45) is 8.83. The molecule has 11 heteroatoms. The third-order valence-corrected chi connectivity index (χ3v) is 10.6. The molecule has 7 rings (SSSR count). The summed E-state index contributed by atoms with van der Waals surface area (Å²) in [4.78, 5) is 21.9. The van der Waals surface area contributed by atoms with E-state index in [0.717, 1.165) is 61.5 Å². The molecule has 2 saturated heterocycles. The van der Waals surface area contributed by atoms with Gasteiger partial charge in [-0.25, -0.2) is 9.37 Å². The molecule has 3 atom stereocenters. The third kappa shape index (κ3) is 4.86. The van der Waals surface area contributed by atoms with Gasteiger partial charge in [0, 0.05) is 47.2 Å². The molecule has 3 aliphatic rings.